The lowest BCUT2D eigenvalue weighted by Gasteiger charge is -2.14. The first kappa shape index (κ1) is 9.40. The van der Waals surface area contributed by atoms with Crippen LogP contribution in [0.25, 0.3) is 0 Å². The Morgan fingerprint density at radius 3 is 2.50 bits per heavy atom. The van der Waals surface area contributed by atoms with Crippen LogP contribution < -0.4 is 0 Å². The fraction of sp³-hybridized carbons (Fsp3) is 0.800. The molecule has 0 aliphatic carbocycles. The van der Waals surface area contributed by atoms with E-state index in [-0.39, 0.29) is 13.0 Å². The number of carboxylic acid groups (broad SMARTS) is 1. The maximum atomic E-state index is 12.3. The molecule has 0 bridgehead atoms. The summed E-state index contributed by atoms with van der Waals surface area (Å²) in [4.78, 5) is 10.4. The van der Waals surface area contributed by atoms with Gasteiger partial charge in [-0.2, -0.15) is 12.7 Å². The van der Waals surface area contributed by atoms with Crippen molar-refractivity contribution < 1.29 is 22.2 Å². The third-order valence-corrected chi connectivity index (χ3v) is 2.77. The molecule has 0 saturated carbocycles. The molecular formula is C5H8FNO4S. The van der Waals surface area contributed by atoms with Crippen LogP contribution in [0.3, 0.4) is 0 Å². The number of carbonyl (C=O) groups is 1. The van der Waals surface area contributed by atoms with Crippen molar-refractivity contribution in [1.82, 2.24) is 4.31 Å². The molecule has 1 aliphatic heterocycles. The van der Waals surface area contributed by atoms with Gasteiger partial charge in [0.1, 0.15) is 6.04 Å². The van der Waals surface area contributed by atoms with Gasteiger partial charge in [0.05, 0.1) is 0 Å². The minimum absolute atomic E-state index is 0.0458. The molecule has 1 fully saturated rings. The lowest BCUT2D eigenvalue weighted by molar-refractivity contribution is -0.140. The average molecular weight is 197 g/mol. The van der Waals surface area contributed by atoms with Gasteiger partial charge in [-0.05, 0) is 12.8 Å². The molecule has 1 unspecified atom stereocenters. The smallest absolute Gasteiger partial charge is 0.375 e. The van der Waals surface area contributed by atoms with Crippen LogP contribution in [0, 0.1) is 0 Å². The van der Waals surface area contributed by atoms with Crippen molar-refractivity contribution in [2.24, 2.45) is 0 Å². The summed E-state index contributed by atoms with van der Waals surface area (Å²) in [5, 5.41) is 8.47. The van der Waals surface area contributed by atoms with Gasteiger partial charge in [-0.3, -0.25) is 4.79 Å². The third kappa shape index (κ3) is 1.72. The molecule has 7 heteroatoms. The summed E-state index contributed by atoms with van der Waals surface area (Å²) in [6, 6.07) is -1.22. The molecule has 0 radical (unpaired) electrons. The molecular weight excluding hydrogens is 189 g/mol. The van der Waals surface area contributed by atoms with E-state index in [2.05, 4.69) is 0 Å². The summed E-state index contributed by atoms with van der Waals surface area (Å²) in [7, 11) is -4.84. The van der Waals surface area contributed by atoms with Gasteiger partial charge in [0.25, 0.3) is 0 Å². The second-order valence-corrected chi connectivity index (χ2v) is 3.84. The van der Waals surface area contributed by atoms with Crippen LogP contribution in [0.4, 0.5) is 3.89 Å². The monoisotopic (exact) mass is 197 g/mol. The summed E-state index contributed by atoms with van der Waals surface area (Å²) in [5.74, 6) is -1.30. The molecule has 0 spiro atoms. The molecule has 0 aromatic heterocycles. The van der Waals surface area contributed by atoms with Gasteiger partial charge in [0.15, 0.2) is 0 Å². The van der Waals surface area contributed by atoms with Gasteiger partial charge in [-0.25, -0.2) is 0 Å². The molecule has 1 rings (SSSR count). The zero-order chi connectivity index (χ0) is 9.35. The molecule has 0 aromatic carbocycles. The Balaban J connectivity index is 2.85. The number of hydrogen-bond acceptors (Lipinski definition) is 3. The van der Waals surface area contributed by atoms with E-state index in [9.17, 15) is 17.1 Å². The quantitative estimate of drug-likeness (QED) is 0.619. The van der Waals surface area contributed by atoms with E-state index in [0.29, 0.717) is 10.7 Å². The minimum Gasteiger partial charge on any atom is -0.480 e. The highest BCUT2D eigenvalue weighted by atomic mass is 32.3. The van der Waals surface area contributed by atoms with Gasteiger partial charge in [0, 0.05) is 6.54 Å². The molecule has 0 aromatic rings. The predicted molar refractivity (Wildman–Crippen MR) is 37.4 cm³/mol. The SMILES string of the molecule is O=C(O)C1CCCN1S(=O)(=O)F. The topological polar surface area (TPSA) is 74.7 Å². The van der Waals surface area contributed by atoms with E-state index in [1.807, 2.05) is 0 Å². The molecule has 5 nitrogen and oxygen atoms in total. The maximum absolute atomic E-state index is 12.3. The Morgan fingerprint density at radius 1 is 1.58 bits per heavy atom. The number of nitrogens with zero attached hydrogens (tertiary/aromatic N) is 1. The van der Waals surface area contributed by atoms with Crippen LogP contribution in [0.5, 0.6) is 0 Å². The Morgan fingerprint density at radius 2 is 2.17 bits per heavy atom. The fourth-order valence-electron chi connectivity index (χ4n) is 1.25. The van der Waals surface area contributed by atoms with Gasteiger partial charge in [-0.15, -0.1) is 0 Å². The van der Waals surface area contributed by atoms with E-state index in [1.54, 1.807) is 0 Å². The molecule has 0 amide bonds. The average Bonchev–Trinajstić information content (AvgIpc) is 2.30. The Bertz CT molecular complexity index is 288. The summed E-state index contributed by atoms with van der Waals surface area (Å²) < 4.78 is 33.4. The van der Waals surface area contributed by atoms with E-state index in [0.717, 1.165) is 0 Å². The normalized spacial score (nSPS) is 25.9. The van der Waals surface area contributed by atoms with Crippen molar-refractivity contribution in [1.29, 1.82) is 0 Å². The first-order valence-electron chi connectivity index (χ1n) is 3.37. The van der Waals surface area contributed by atoms with Crippen LogP contribution in [-0.4, -0.2) is 36.4 Å². The van der Waals surface area contributed by atoms with Crippen molar-refractivity contribution in [3.8, 4) is 0 Å². The highest BCUT2D eigenvalue weighted by Crippen LogP contribution is 2.21. The zero-order valence-electron chi connectivity index (χ0n) is 6.10. The van der Waals surface area contributed by atoms with Gasteiger partial charge in [-0.1, -0.05) is 3.89 Å². The van der Waals surface area contributed by atoms with Crippen molar-refractivity contribution >= 4 is 16.4 Å². The molecule has 1 saturated heterocycles. The lowest BCUT2D eigenvalue weighted by Crippen LogP contribution is -2.38. The van der Waals surface area contributed by atoms with E-state index < -0.39 is 22.4 Å². The predicted octanol–water partition coefficient (Wildman–Crippen LogP) is -0.250. The number of carboxylic acids is 1. The second kappa shape index (κ2) is 2.98. The first-order chi connectivity index (χ1) is 5.43. The number of rotatable bonds is 2. The van der Waals surface area contributed by atoms with E-state index in [1.165, 1.54) is 0 Å². The Kier molecular flexibility index (Phi) is 2.34. The Labute approximate surface area is 69.1 Å². The highest BCUT2D eigenvalue weighted by molar-refractivity contribution is 7.84. The van der Waals surface area contributed by atoms with Crippen LogP contribution in [0.1, 0.15) is 12.8 Å². The van der Waals surface area contributed by atoms with Crippen LogP contribution in [0.15, 0.2) is 0 Å². The molecule has 1 atom stereocenters. The summed E-state index contributed by atoms with van der Waals surface area (Å²) >= 11 is 0. The molecule has 1 aliphatic rings. The van der Waals surface area contributed by atoms with Gasteiger partial charge < -0.3 is 5.11 Å². The number of hydrogen-bond donors (Lipinski definition) is 1. The lowest BCUT2D eigenvalue weighted by atomic mass is 10.2. The Hall–Kier alpha value is -0.690. The number of halogens is 1. The van der Waals surface area contributed by atoms with Gasteiger partial charge in [0.2, 0.25) is 0 Å². The van der Waals surface area contributed by atoms with Crippen molar-refractivity contribution in [3.63, 3.8) is 0 Å². The van der Waals surface area contributed by atoms with Crippen molar-refractivity contribution in [2.75, 3.05) is 6.54 Å². The summed E-state index contributed by atoms with van der Waals surface area (Å²) in [6.45, 7) is -0.0458. The van der Waals surface area contributed by atoms with E-state index >= 15 is 0 Å². The number of aliphatic carboxylic acids is 1. The molecule has 70 valence electrons. The second-order valence-electron chi connectivity index (χ2n) is 2.55. The molecule has 1 N–H and O–H groups in total. The van der Waals surface area contributed by atoms with Crippen molar-refractivity contribution in [2.45, 2.75) is 18.9 Å². The summed E-state index contributed by atoms with van der Waals surface area (Å²) in [5.41, 5.74) is 0. The first-order valence-corrected chi connectivity index (χ1v) is 4.71. The fourth-order valence-corrected chi connectivity index (χ4v) is 2.09. The zero-order valence-corrected chi connectivity index (χ0v) is 6.92. The maximum Gasteiger partial charge on any atom is 0.375 e. The minimum atomic E-state index is -4.84. The summed E-state index contributed by atoms with van der Waals surface area (Å²) in [6.07, 6.45) is 0.568. The highest BCUT2D eigenvalue weighted by Gasteiger charge is 2.38. The van der Waals surface area contributed by atoms with Crippen LogP contribution >= 0.6 is 0 Å². The van der Waals surface area contributed by atoms with Crippen LogP contribution in [-0.2, 0) is 15.2 Å². The standard InChI is InChI=1S/C5H8FNO4S/c6-12(10,11)7-3-1-2-4(7)5(8)9/h4H,1-3H2,(H,8,9). The van der Waals surface area contributed by atoms with Crippen LogP contribution in [0.2, 0.25) is 0 Å². The van der Waals surface area contributed by atoms with E-state index in [4.69, 9.17) is 5.11 Å². The van der Waals surface area contributed by atoms with Gasteiger partial charge >= 0.3 is 16.4 Å². The largest absolute Gasteiger partial charge is 0.480 e. The molecule has 12 heavy (non-hydrogen) atoms. The molecule has 1 heterocycles. The van der Waals surface area contributed by atoms with Crippen molar-refractivity contribution in [3.05, 3.63) is 0 Å². The third-order valence-electron chi connectivity index (χ3n) is 1.77.